The molecule has 1 aromatic rings. The van der Waals surface area contributed by atoms with Gasteiger partial charge in [-0.25, -0.2) is 9.59 Å². The molecule has 0 saturated carbocycles. The van der Waals surface area contributed by atoms with Crippen LogP contribution in [0, 0.1) is 0 Å². The fourth-order valence-electron chi connectivity index (χ4n) is 1.28. The van der Waals surface area contributed by atoms with Crippen LogP contribution in [-0.4, -0.2) is 36.2 Å². The molecule has 0 aliphatic carbocycles. The number of rotatable bonds is 6. The summed E-state index contributed by atoms with van der Waals surface area (Å²) in [5.41, 5.74) is 0.583. The predicted octanol–water partition coefficient (Wildman–Crippen LogP) is 1.28. The lowest BCUT2D eigenvalue weighted by molar-refractivity contribution is -0.142. The SMILES string of the molecule is COC(=O)CC[C@@H](NC(=O)Nc1ccsc1)C(=O)O. The third kappa shape index (κ3) is 5.38. The zero-order chi connectivity index (χ0) is 14.3. The Labute approximate surface area is 113 Å². The molecule has 0 aromatic carbocycles. The van der Waals surface area contributed by atoms with Crippen molar-refractivity contribution >= 4 is 35.0 Å². The van der Waals surface area contributed by atoms with Crippen LogP contribution in [0.25, 0.3) is 0 Å². The van der Waals surface area contributed by atoms with Crippen molar-refractivity contribution in [2.24, 2.45) is 0 Å². The molecular weight excluding hydrogens is 272 g/mol. The van der Waals surface area contributed by atoms with E-state index in [0.29, 0.717) is 5.69 Å². The van der Waals surface area contributed by atoms with E-state index >= 15 is 0 Å². The second kappa shape index (κ2) is 7.37. The van der Waals surface area contributed by atoms with Gasteiger partial charge in [0, 0.05) is 11.8 Å². The first-order valence-electron chi connectivity index (χ1n) is 5.42. The van der Waals surface area contributed by atoms with Crippen LogP contribution < -0.4 is 10.6 Å². The van der Waals surface area contributed by atoms with E-state index in [1.54, 1.807) is 16.8 Å². The lowest BCUT2D eigenvalue weighted by Gasteiger charge is -2.14. The lowest BCUT2D eigenvalue weighted by atomic mass is 10.1. The Bertz CT molecular complexity index is 446. The van der Waals surface area contributed by atoms with E-state index in [2.05, 4.69) is 15.4 Å². The number of urea groups is 1. The molecule has 0 aliphatic rings. The number of amides is 2. The molecular formula is C11H14N2O5S. The van der Waals surface area contributed by atoms with Crippen molar-refractivity contribution in [3.05, 3.63) is 16.8 Å². The van der Waals surface area contributed by atoms with Crippen molar-refractivity contribution in [1.29, 1.82) is 0 Å². The summed E-state index contributed by atoms with van der Waals surface area (Å²) in [6, 6.07) is -0.0810. The number of hydrogen-bond acceptors (Lipinski definition) is 5. The van der Waals surface area contributed by atoms with Gasteiger partial charge in [0.05, 0.1) is 12.8 Å². The number of carbonyl (C=O) groups excluding carboxylic acids is 2. The predicted molar refractivity (Wildman–Crippen MR) is 69.1 cm³/mol. The Morgan fingerprint density at radius 3 is 2.74 bits per heavy atom. The highest BCUT2D eigenvalue weighted by molar-refractivity contribution is 7.08. The van der Waals surface area contributed by atoms with E-state index in [-0.39, 0.29) is 12.8 Å². The third-order valence-electron chi connectivity index (χ3n) is 2.25. The number of hydrogen-bond donors (Lipinski definition) is 3. The highest BCUT2D eigenvalue weighted by Gasteiger charge is 2.21. The average Bonchev–Trinajstić information content (AvgIpc) is 2.86. The minimum absolute atomic E-state index is 0.0287. The number of carboxylic acid groups (broad SMARTS) is 1. The normalized spacial score (nSPS) is 11.4. The topological polar surface area (TPSA) is 105 Å². The Hall–Kier alpha value is -2.09. The van der Waals surface area contributed by atoms with E-state index in [4.69, 9.17) is 5.11 Å². The molecule has 1 aromatic heterocycles. The summed E-state index contributed by atoms with van der Waals surface area (Å²) in [4.78, 5) is 33.4. The maximum atomic E-state index is 11.5. The molecule has 104 valence electrons. The summed E-state index contributed by atoms with van der Waals surface area (Å²) in [5.74, 6) is -1.73. The number of nitrogens with one attached hydrogen (secondary N) is 2. The summed E-state index contributed by atoms with van der Waals surface area (Å²) in [6.45, 7) is 0. The molecule has 0 saturated heterocycles. The molecule has 0 radical (unpaired) electrons. The fraction of sp³-hybridized carbons (Fsp3) is 0.364. The van der Waals surface area contributed by atoms with Crippen LogP contribution >= 0.6 is 11.3 Å². The van der Waals surface area contributed by atoms with Gasteiger partial charge in [0.1, 0.15) is 6.04 Å². The first-order valence-corrected chi connectivity index (χ1v) is 6.36. The van der Waals surface area contributed by atoms with Crippen molar-refractivity contribution in [2.75, 3.05) is 12.4 Å². The Balaban J connectivity index is 2.46. The van der Waals surface area contributed by atoms with Gasteiger partial charge in [-0.2, -0.15) is 11.3 Å². The number of aliphatic carboxylic acids is 1. The maximum absolute atomic E-state index is 11.5. The molecule has 3 N–H and O–H groups in total. The van der Waals surface area contributed by atoms with Gasteiger partial charge in [-0.05, 0) is 17.9 Å². The van der Waals surface area contributed by atoms with Crippen LogP contribution in [-0.2, 0) is 14.3 Å². The summed E-state index contributed by atoms with van der Waals surface area (Å²) < 4.78 is 4.41. The minimum atomic E-state index is -1.20. The number of thiophene rings is 1. The van der Waals surface area contributed by atoms with Gasteiger partial charge >= 0.3 is 18.0 Å². The van der Waals surface area contributed by atoms with Gasteiger partial charge in [-0.1, -0.05) is 0 Å². The van der Waals surface area contributed by atoms with Gasteiger partial charge < -0.3 is 20.5 Å². The monoisotopic (exact) mass is 286 g/mol. The number of anilines is 1. The molecule has 0 fully saturated rings. The van der Waals surface area contributed by atoms with Gasteiger partial charge in [0.2, 0.25) is 0 Å². The van der Waals surface area contributed by atoms with Crippen LogP contribution in [0.5, 0.6) is 0 Å². The van der Waals surface area contributed by atoms with Crippen molar-refractivity contribution in [3.8, 4) is 0 Å². The van der Waals surface area contributed by atoms with Gasteiger partial charge in [0.25, 0.3) is 0 Å². The zero-order valence-electron chi connectivity index (χ0n) is 10.2. The fourth-order valence-corrected chi connectivity index (χ4v) is 1.87. The highest BCUT2D eigenvalue weighted by atomic mass is 32.1. The van der Waals surface area contributed by atoms with E-state index < -0.39 is 24.0 Å². The molecule has 1 heterocycles. The smallest absolute Gasteiger partial charge is 0.326 e. The lowest BCUT2D eigenvalue weighted by Crippen LogP contribution is -2.43. The molecule has 0 aliphatic heterocycles. The second-order valence-electron chi connectivity index (χ2n) is 3.62. The minimum Gasteiger partial charge on any atom is -0.480 e. The second-order valence-corrected chi connectivity index (χ2v) is 4.40. The molecule has 0 bridgehead atoms. The van der Waals surface area contributed by atoms with E-state index in [1.807, 2.05) is 0 Å². The molecule has 1 atom stereocenters. The Kier molecular flexibility index (Phi) is 5.80. The Morgan fingerprint density at radius 1 is 1.47 bits per heavy atom. The number of carboxylic acids is 1. The van der Waals surface area contributed by atoms with Crippen LogP contribution in [0.3, 0.4) is 0 Å². The van der Waals surface area contributed by atoms with Gasteiger partial charge in [-0.3, -0.25) is 4.79 Å². The van der Waals surface area contributed by atoms with Crippen LogP contribution in [0.2, 0.25) is 0 Å². The first-order chi connectivity index (χ1) is 9.02. The largest absolute Gasteiger partial charge is 0.480 e. The number of esters is 1. The summed E-state index contributed by atoms with van der Waals surface area (Å²) in [5, 5.41) is 17.2. The molecule has 0 spiro atoms. The first kappa shape index (κ1) is 15.0. The van der Waals surface area contributed by atoms with Gasteiger partial charge in [-0.15, -0.1) is 0 Å². The molecule has 7 nitrogen and oxygen atoms in total. The number of methoxy groups -OCH3 is 1. The summed E-state index contributed by atoms with van der Waals surface area (Å²) >= 11 is 1.40. The summed E-state index contributed by atoms with van der Waals surface area (Å²) in [6.07, 6.45) is -0.106. The van der Waals surface area contributed by atoms with E-state index in [1.165, 1.54) is 18.4 Å². The summed E-state index contributed by atoms with van der Waals surface area (Å²) in [7, 11) is 1.22. The average molecular weight is 286 g/mol. The van der Waals surface area contributed by atoms with Crippen LogP contribution in [0.1, 0.15) is 12.8 Å². The standard InChI is InChI=1S/C11H14N2O5S/c1-18-9(14)3-2-8(10(15)16)13-11(17)12-7-4-5-19-6-7/h4-6,8H,2-3H2,1H3,(H,15,16)(H2,12,13,17)/t8-/m1/s1. The molecule has 19 heavy (non-hydrogen) atoms. The van der Waals surface area contributed by atoms with E-state index in [9.17, 15) is 14.4 Å². The molecule has 1 rings (SSSR count). The van der Waals surface area contributed by atoms with Crippen molar-refractivity contribution in [3.63, 3.8) is 0 Å². The Morgan fingerprint density at radius 2 is 2.21 bits per heavy atom. The maximum Gasteiger partial charge on any atom is 0.326 e. The van der Waals surface area contributed by atoms with Crippen molar-refractivity contribution in [1.82, 2.24) is 5.32 Å². The van der Waals surface area contributed by atoms with Crippen LogP contribution in [0.4, 0.5) is 10.5 Å². The molecule has 2 amide bonds. The quantitative estimate of drug-likeness (QED) is 0.683. The highest BCUT2D eigenvalue weighted by Crippen LogP contribution is 2.11. The van der Waals surface area contributed by atoms with Crippen LogP contribution in [0.15, 0.2) is 16.8 Å². The van der Waals surface area contributed by atoms with Crippen molar-refractivity contribution < 1.29 is 24.2 Å². The van der Waals surface area contributed by atoms with Crippen molar-refractivity contribution in [2.45, 2.75) is 18.9 Å². The third-order valence-corrected chi connectivity index (χ3v) is 2.93. The zero-order valence-corrected chi connectivity index (χ0v) is 11.0. The van der Waals surface area contributed by atoms with Gasteiger partial charge in [0.15, 0.2) is 0 Å². The molecule has 8 heteroatoms. The number of carbonyl (C=O) groups is 3. The molecule has 0 unspecified atom stereocenters. The number of ether oxygens (including phenoxy) is 1. The van der Waals surface area contributed by atoms with E-state index in [0.717, 1.165) is 0 Å².